The summed E-state index contributed by atoms with van der Waals surface area (Å²) < 4.78 is 5.23. The van der Waals surface area contributed by atoms with Crippen LogP contribution in [0.4, 0.5) is 0 Å². The van der Waals surface area contributed by atoms with Gasteiger partial charge in [0.05, 0.1) is 7.11 Å². The van der Waals surface area contributed by atoms with Crippen molar-refractivity contribution in [3.63, 3.8) is 0 Å². The predicted octanol–water partition coefficient (Wildman–Crippen LogP) is 1.48. The molecule has 4 nitrogen and oxygen atoms in total. The summed E-state index contributed by atoms with van der Waals surface area (Å²) in [6.07, 6.45) is 1.84. The molecule has 0 radical (unpaired) electrons. The Hall–Kier alpha value is -1.04. The molecule has 1 atom stereocenters. The first-order valence-electron chi connectivity index (χ1n) is 6.36. The molecule has 0 aliphatic carbocycles. The number of hydrogen-bond donors (Lipinski definition) is 3. The molecular weight excluding hydrogens is 227 g/mol. The van der Waals surface area contributed by atoms with E-state index in [0.29, 0.717) is 0 Å². The number of methoxy groups -OCH3 is 1. The third kappa shape index (κ3) is 4.68. The van der Waals surface area contributed by atoms with E-state index in [0.717, 1.165) is 36.3 Å². The fourth-order valence-electron chi connectivity index (χ4n) is 1.93. The molecule has 0 saturated heterocycles. The molecule has 1 aromatic carbocycles. The number of nitrogens with two attached hydrogens (primary N) is 1. The highest BCUT2D eigenvalue weighted by Gasteiger charge is 2.08. The zero-order chi connectivity index (χ0) is 13.5. The minimum Gasteiger partial charge on any atom is -0.496 e. The van der Waals surface area contributed by atoms with E-state index in [-0.39, 0.29) is 6.04 Å². The number of hydrogen-bond acceptors (Lipinski definition) is 4. The fraction of sp³-hybridized carbons (Fsp3) is 0.538. The van der Waals surface area contributed by atoms with Gasteiger partial charge < -0.3 is 20.7 Å². The van der Waals surface area contributed by atoms with Crippen LogP contribution in [0, 0.1) is 6.92 Å². The molecule has 100 valence electrons. The second-order valence-electron chi connectivity index (χ2n) is 4.61. The molecule has 0 bridgehead atoms. The highest BCUT2D eigenvalue weighted by atomic mass is 16.5. The Morgan fingerprint density at radius 1 is 1.50 bits per heavy atom. The van der Waals surface area contributed by atoms with Gasteiger partial charge in [0, 0.05) is 6.04 Å². The smallest absolute Gasteiger partial charge is 0.373 e. The third-order valence-corrected chi connectivity index (χ3v) is 2.98. The lowest BCUT2D eigenvalue weighted by Gasteiger charge is -2.14. The maximum Gasteiger partial charge on any atom is 0.373 e. The van der Waals surface area contributed by atoms with Gasteiger partial charge in [0.25, 0.3) is 0 Å². The molecule has 18 heavy (non-hydrogen) atoms. The minimum atomic E-state index is -0.454. The second kappa shape index (κ2) is 7.41. The van der Waals surface area contributed by atoms with Crippen molar-refractivity contribution in [3.8, 4) is 5.75 Å². The lowest BCUT2D eigenvalue weighted by molar-refractivity contribution is 0.411. The fourth-order valence-corrected chi connectivity index (χ4v) is 1.93. The van der Waals surface area contributed by atoms with Crippen LogP contribution in [-0.4, -0.2) is 25.7 Å². The van der Waals surface area contributed by atoms with E-state index in [2.05, 4.69) is 11.3 Å². The van der Waals surface area contributed by atoms with Gasteiger partial charge in [-0.3, -0.25) is 0 Å². The molecule has 0 spiro atoms. The summed E-state index contributed by atoms with van der Waals surface area (Å²) in [5.74, 6) is 0.890. The molecule has 0 aliphatic heterocycles. The zero-order valence-electron chi connectivity index (χ0n) is 11.4. The van der Waals surface area contributed by atoms with Crippen molar-refractivity contribution in [2.45, 2.75) is 32.6 Å². The molecule has 0 aromatic heterocycles. The summed E-state index contributed by atoms with van der Waals surface area (Å²) in [7, 11) is 1.22. The monoisotopic (exact) mass is 250 g/mol. The van der Waals surface area contributed by atoms with Crippen molar-refractivity contribution in [2.24, 2.45) is 5.73 Å². The van der Waals surface area contributed by atoms with E-state index >= 15 is 0 Å². The molecule has 0 unspecified atom stereocenters. The molecule has 1 rings (SSSR count). The van der Waals surface area contributed by atoms with Gasteiger partial charge in [0.2, 0.25) is 0 Å². The van der Waals surface area contributed by atoms with E-state index in [9.17, 15) is 0 Å². The van der Waals surface area contributed by atoms with Crippen molar-refractivity contribution >= 4 is 7.05 Å². The van der Waals surface area contributed by atoms with Gasteiger partial charge >= 0.3 is 7.05 Å². The number of nitrogens with one attached hydrogen (secondary N) is 1. The maximum atomic E-state index is 9.07. The Balaban J connectivity index is 2.46. The van der Waals surface area contributed by atoms with Gasteiger partial charge in [-0.15, -0.1) is 0 Å². The van der Waals surface area contributed by atoms with Gasteiger partial charge in [0.1, 0.15) is 5.75 Å². The summed E-state index contributed by atoms with van der Waals surface area (Å²) in [4.78, 5) is 0. The SMILES string of the molecule is COc1ccc([C@H](N)CCCNB(C)O)cc1C. The third-order valence-electron chi connectivity index (χ3n) is 2.98. The molecule has 0 amide bonds. The maximum absolute atomic E-state index is 9.07. The molecule has 5 heteroatoms. The lowest BCUT2D eigenvalue weighted by Crippen LogP contribution is -2.31. The van der Waals surface area contributed by atoms with Crippen molar-refractivity contribution in [1.29, 1.82) is 0 Å². The molecule has 0 fully saturated rings. The first kappa shape index (κ1) is 15.0. The summed E-state index contributed by atoms with van der Waals surface area (Å²) in [6.45, 7) is 4.51. The van der Waals surface area contributed by atoms with Crippen molar-refractivity contribution in [3.05, 3.63) is 29.3 Å². The van der Waals surface area contributed by atoms with E-state index in [1.165, 1.54) is 0 Å². The van der Waals surface area contributed by atoms with E-state index in [1.807, 2.05) is 19.1 Å². The number of rotatable bonds is 7. The average Bonchev–Trinajstić information content (AvgIpc) is 2.34. The molecule has 1 aromatic rings. The van der Waals surface area contributed by atoms with Gasteiger partial charge in [-0.05, 0) is 50.3 Å². The Labute approximate surface area is 110 Å². The topological polar surface area (TPSA) is 67.5 Å². The van der Waals surface area contributed by atoms with Crippen LogP contribution in [0.15, 0.2) is 18.2 Å². The number of ether oxygens (including phenoxy) is 1. The number of benzene rings is 1. The van der Waals surface area contributed by atoms with Crippen LogP contribution < -0.4 is 15.7 Å². The van der Waals surface area contributed by atoms with Crippen LogP contribution in [0.3, 0.4) is 0 Å². The van der Waals surface area contributed by atoms with Crippen LogP contribution in [-0.2, 0) is 0 Å². The first-order chi connectivity index (χ1) is 8.54. The average molecular weight is 250 g/mol. The lowest BCUT2D eigenvalue weighted by atomic mass is 9.88. The van der Waals surface area contributed by atoms with Crippen LogP contribution in [0.25, 0.3) is 0 Å². The van der Waals surface area contributed by atoms with E-state index < -0.39 is 7.05 Å². The second-order valence-corrected chi connectivity index (χ2v) is 4.61. The Kier molecular flexibility index (Phi) is 6.19. The van der Waals surface area contributed by atoms with Gasteiger partial charge in [0.15, 0.2) is 0 Å². The summed E-state index contributed by atoms with van der Waals surface area (Å²) in [6, 6.07) is 6.08. The largest absolute Gasteiger partial charge is 0.496 e. The van der Waals surface area contributed by atoms with Gasteiger partial charge in [-0.1, -0.05) is 12.1 Å². The zero-order valence-corrected chi connectivity index (χ0v) is 11.4. The van der Waals surface area contributed by atoms with Crippen molar-refractivity contribution in [1.82, 2.24) is 5.23 Å². The van der Waals surface area contributed by atoms with Crippen LogP contribution >= 0.6 is 0 Å². The molecule has 0 heterocycles. The standard InChI is InChI=1S/C13H23BN2O2/c1-10-9-11(6-7-13(10)18-3)12(15)5-4-8-16-14(2)17/h6-7,9,12,16-17H,4-5,8,15H2,1-3H3/t12-/m1/s1. The molecule has 0 aliphatic rings. The van der Waals surface area contributed by atoms with Gasteiger partial charge in [-0.25, -0.2) is 0 Å². The highest BCUT2D eigenvalue weighted by Crippen LogP contribution is 2.23. The van der Waals surface area contributed by atoms with Crippen molar-refractivity contribution in [2.75, 3.05) is 13.7 Å². The summed E-state index contributed by atoms with van der Waals surface area (Å²) >= 11 is 0. The van der Waals surface area contributed by atoms with Crippen molar-refractivity contribution < 1.29 is 9.76 Å². The van der Waals surface area contributed by atoms with Crippen LogP contribution in [0.1, 0.15) is 30.0 Å². The van der Waals surface area contributed by atoms with Gasteiger partial charge in [-0.2, -0.15) is 0 Å². The predicted molar refractivity (Wildman–Crippen MR) is 75.7 cm³/mol. The highest BCUT2D eigenvalue weighted by molar-refractivity contribution is 6.45. The summed E-state index contributed by atoms with van der Waals surface area (Å²) in [5, 5.41) is 12.0. The Bertz CT molecular complexity index is 372. The first-order valence-corrected chi connectivity index (χ1v) is 6.36. The van der Waals surface area contributed by atoms with Crippen LogP contribution in [0.2, 0.25) is 6.82 Å². The summed E-state index contributed by atoms with van der Waals surface area (Å²) in [5.41, 5.74) is 8.38. The van der Waals surface area contributed by atoms with E-state index in [4.69, 9.17) is 15.5 Å². The molecule has 4 N–H and O–H groups in total. The Morgan fingerprint density at radius 2 is 2.22 bits per heavy atom. The quantitative estimate of drug-likeness (QED) is 0.506. The van der Waals surface area contributed by atoms with E-state index in [1.54, 1.807) is 13.9 Å². The molecular formula is C13H23BN2O2. The van der Waals surface area contributed by atoms with Crippen LogP contribution in [0.5, 0.6) is 5.75 Å². The number of aryl methyl sites for hydroxylation is 1. The minimum absolute atomic E-state index is 0.0328. The molecule has 0 saturated carbocycles. The normalized spacial score (nSPS) is 12.3. The Morgan fingerprint density at radius 3 is 2.78 bits per heavy atom.